The van der Waals surface area contributed by atoms with Crippen molar-refractivity contribution in [2.24, 2.45) is 0 Å². The maximum atomic E-state index is 12.9. The summed E-state index contributed by atoms with van der Waals surface area (Å²) in [6.07, 6.45) is 1.69. The first-order chi connectivity index (χ1) is 14.0. The van der Waals surface area contributed by atoms with Crippen molar-refractivity contribution in [2.75, 3.05) is 6.54 Å². The third-order valence-corrected chi connectivity index (χ3v) is 4.79. The summed E-state index contributed by atoms with van der Waals surface area (Å²) in [5.74, 6) is -2.44. The van der Waals surface area contributed by atoms with E-state index in [1.54, 1.807) is 30.3 Å². The van der Waals surface area contributed by atoms with Crippen LogP contribution in [0.4, 0.5) is 0 Å². The number of rotatable bonds is 4. The SMILES string of the molecule is O=C(O)CN1C(=O)/C(=C\c2ccc(-c3ccccc3)cc2)c2ccccc2C1=O. The topological polar surface area (TPSA) is 74.7 Å². The monoisotopic (exact) mass is 383 g/mol. The lowest BCUT2D eigenvalue weighted by atomic mass is 9.92. The first kappa shape index (κ1) is 18.4. The van der Waals surface area contributed by atoms with E-state index in [1.807, 2.05) is 54.6 Å². The van der Waals surface area contributed by atoms with Crippen LogP contribution >= 0.6 is 0 Å². The summed E-state index contributed by atoms with van der Waals surface area (Å²) in [6.45, 7) is -0.670. The molecule has 0 fully saturated rings. The van der Waals surface area contributed by atoms with Crippen molar-refractivity contribution in [1.82, 2.24) is 4.90 Å². The molecule has 0 saturated heterocycles. The fourth-order valence-corrected chi connectivity index (χ4v) is 3.39. The van der Waals surface area contributed by atoms with E-state index in [4.69, 9.17) is 5.11 Å². The van der Waals surface area contributed by atoms with E-state index in [1.165, 1.54) is 0 Å². The highest BCUT2D eigenvalue weighted by Gasteiger charge is 2.35. The summed E-state index contributed by atoms with van der Waals surface area (Å²) in [5.41, 5.74) is 4.05. The number of fused-ring (bicyclic) bond motifs is 1. The van der Waals surface area contributed by atoms with E-state index in [9.17, 15) is 14.4 Å². The maximum Gasteiger partial charge on any atom is 0.323 e. The van der Waals surface area contributed by atoms with Crippen molar-refractivity contribution in [3.8, 4) is 11.1 Å². The number of carbonyl (C=O) groups is 3. The molecule has 0 aromatic heterocycles. The molecule has 2 amide bonds. The number of amides is 2. The second-order valence-corrected chi connectivity index (χ2v) is 6.68. The van der Waals surface area contributed by atoms with Crippen LogP contribution in [0.25, 0.3) is 22.8 Å². The average molecular weight is 383 g/mol. The lowest BCUT2D eigenvalue weighted by Crippen LogP contribution is -2.44. The van der Waals surface area contributed by atoms with Crippen LogP contribution in [0.2, 0.25) is 0 Å². The van der Waals surface area contributed by atoms with Gasteiger partial charge in [0.05, 0.1) is 0 Å². The summed E-state index contributed by atoms with van der Waals surface area (Å²) < 4.78 is 0. The predicted molar refractivity (Wildman–Crippen MR) is 110 cm³/mol. The number of carboxylic acids is 1. The van der Waals surface area contributed by atoms with Gasteiger partial charge in [-0.3, -0.25) is 19.3 Å². The molecule has 3 aromatic carbocycles. The van der Waals surface area contributed by atoms with Crippen LogP contribution in [0, 0.1) is 0 Å². The van der Waals surface area contributed by atoms with Crippen molar-refractivity contribution < 1.29 is 19.5 Å². The molecule has 0 bridgehead atoms. The highest BCUT2D eigenvalue weighted by Crippen LogP contribution is 2.30. The molecule has 0 aliphatic carbocycles. The molecule has 0 spiro atoms. The number of nitrogens with zero attached hydrogens (tertiary/aromatic N) is 1. The van der Waals surface area contributed by atoms with Crippen LogP contribution in [0.15, 0.2) is 78.9 Å². The lowest BCUT2D eigenvalue weighted by molar-refractivity contribution is -0.141. The molecule has 1 aliphatic rings. The molecule has 1 N–H and O–H groups in total. The Hall–Kier alpha value is -3.99. The zero-order chi connectivity index (χ0) is 20.4. The molecule has 29 heavy (non-hydrogen) atoms. The van der Waals surface area contributed by atoms with Crippen molar-refractivity contribution in [1.29, 1.82) is 0 Å². The number of carboxylic acid groups (broad SMARTS) is 1. The Morgan fingerprint density at radius 2 is 1.34 bits per heavy atom. The van der Waals surface area contributed by atoms with Gasteiger partial charge < -0.3 is 5.11 Å². The van der Waals surface area contributed by atoms with Gasteiger partial charge in [0.1, 0.15) is 6.54 Å². The van der Waals surface area contributed by atoms with Gasteiger partial charge in [-0.2, -0.15) is 0 Å². The standard InChI is InChI=1S/C24H17NO4/c26-22(27)15-25-23(28)20-9-5-4-8-19(20)21(24(25)29)14-16-10-12-18(13-11-16)17-6-2-1-3-7-17/h1-14H,15H2,(H,26,27)/b21-14-. The Labute approximate surface area is 167 Å². The van der Waals surface area contributed by atoms with Gasteiger partial charge in [0.2, 0.25) is 0 Å². The number of benzene rings is 3. The molecule has 0 unspecified atom stereocenters. The summed E-state index contributed by atoms with van der Waals surface area (Å²) in [5, 5.41) is 9.10. The van der Waals surface area contributed by atoms with Crippen LogP contribution < -0.4 is 0 Å². The molecule has 0 radical (unpaired) electrons. The molecule has 5 heteroatoms. The van der Waals surface area contributed by atoms with Gasteiger partial charge in [-0.25, -0.2) is 0 Å². The molecule has 1 aliphatic heterocycles. The fourth-order valence-electron chi connectivity index (χ4n) is 3.39. The Balaban J connectivity index is 1.75. The minimum Gasteiger partial charge on any atom is -0.480 e. The Morgan fingerprint density at radius 1 is 0.759 bits per heavy atom. The lowest BCUT2D eigenvalue weighted by Gasteiger charge is -2.27. The number of hydrogen-bond acceptors (Lipinski definition) is 3. The van der Waals surface area contributed by atoms with Gasteiger partial charge >= 0.3 is 5.97 Å². The summed E-state index contributed by atoms with van der Waals surface area (Å²) in [7, 11) is 0. The minimum atomic E-state index is -1.24. The molecule has 4 rings (SSSR count). The Bertz CT molecular complexity index is 1130. The van der Waals surface area contributed by atoms with E-state index in [-0.39, 0.29) is 0 Å². The molecule has 3 aromatic rings. The molecule has 1 heterocycles. The summed E-state index contributed by atoms with van der Waals surface area (Å²) in [4.78, 5) is 37.4. The van der Waals surface area contributed by atoms with Crippen LogP contribution in [0.5, 0.6) is 0 Å². The molecule has 0 saturated carbocycles. The highest BCUT2D eigenvalue weighted by molar-refractivity contribution is 6.34. The molecule has 5 nitrogen and oxygen atoms in total. The van der Waals surface area contributed by atoms with Crippen molar-refractivity contribution in [3.05, 3.63) is 95.6 Å². The second kappa shape index (κ2) is 7.56. The van der Waals surface area contributed by atoms with Gasteiger partial charge in [0, 0.05) is 11.1 Å². The summed E-state index contributed by atoms with van der Waals surface area (Å²) in [6, 6.07) is 24.4. The van der Waals surface area contributed by atoms with E-state index < -0.39 is 24.3 Å². The van der Waals surface area contributed by atoms with Crippen LogP contribution in [0.1, 0.15) is 21.5 Å². The van der Waals surface area contributed by atoms with Gasteiger partial charge in [-0.15, -0.1) is 0 Å². The van der Waals surface area contributed by atoms with E-state index in [0.29, 0.717) is 16.7 Å². The van der Waals surface area contributed by atoms with Gasteiger partial charge in [0.25, 0.3) is 11.8 Å². The van der Waals surface area contributed by atoms with Gasteiger partial charge in [-0.05, 0) is 34.4 Å². The van der Waals surface area contributed by atoms with Crippen LogP contribution in [0.3, 0.4) is 0 Å². The predicted octanol–water partition coefficient (Wildman–Crippen LogP) is 3.96. The molecular formula is C24H17NO4. The van der Waals surface area contributed by atoms with Crippen LogP contribution in [-0.4, -0.2) is 34.3 Å². The number of imide groups is 1. The third kappa shape index (κ3) is 3.58. The molecular weight excluding hydrogens is 366 g/mol. The number of carbonyl (C=O) groups excluding carboxylic acids is 2. The van der Waals surface area contributed by atoms with Crippen molar-refractivity contribution in [2.45, 2.75) is 0 Å². The zero-order valence-corrected chi connectivity index (χ0v) is 15.4. The number of hydrogen-bond donors (Lipinski definition) is 1. The van der Waals surface area contributed by atoms with Gasteiger partial charge in [-0.1, -0.05) is 72.8 Å². The average Bonchev–Trinajstić information content (AvgIpc) is 2.75. The smallest absolute Gasteiger partial charge is 0.323 e. The fraction of sp³-hybridized carbons (Fsp3) is 0.0417. The third-order valence-electron chi connectivity index (χ3n) is 4.79. The molecule has 142 valence electrons. The van der Waals surface area contributed by atoms with E-state index in [0.717, 1.165) is 21.6 Å². The minimum absolute atomic E-state index is 0.300. The first-order valence-electron chi connectivity index (χ1n) is 9.09. The number of aliphatic carboxylic acids is 1. The Morgan fingerprint density at radius 3 is 2.00 bits per heavy atom. The normalized spacial score (nSPS) is 14.8. The zero-order valence-electron chi connectivity index (χ0n) is 15.4. The van der Waals surface area contributed by atoms with Crippen LogP contribution in [-0.2, 0) is 9.59 Å². The summed E-state index contributed by atoms with van der Waals surface area (Å²) >= 11 is 0. The first-order valence-corrected chi connectivity index (χ1v) is 9.09. The quantitative estimate of drug-likeness (QED) is 0.547. The Kier molecular flexibility index (Phi) is 4.79. The largest absolute Gasteiger partial charge is 0.480 e. The maximum absolute atomic E-state index is 12.9. The van der Waals surface area contributed by atoms with Gasteiger partial charge in [0.15, 0.2) is 0 Å². The second-order valence-electron chi connectivity index (χ2n) is 6.68. The van der Waals surface area contributed by atoms with E-state index >= 15 is 0 Å². The highest BCUT2D eigenvalue weighted by atomic mass is 16.4. The van der Waals surface area contributed by atoms with E-state index in [2.05, 4.69) is 0 Å². The molecule has 0 atom stereocenters. The van der Waals surface area contributed by atoms with Crippen molar-refractivity contribution in [3.63, 3.8) is 0 Å². The van der Waals surface area contributed by atoms with Crippen molar-refractivity contribution >= 4 is 29.4 Å².